The number of hydrogen-bond donors (Lipinski definition) is 0. The van der Waals surface area contributed by atoms with Gasteiger partial charge in [-0.15, -0.1) is 0 Å². The molecule has 0 atom stereocenters. The molecule has 0 N–H and O–H groups in total. The Morgan fingerprint density at radius 3 is 2.16 bits per heavy atom. The Kier molecular flexibility index (Phi) is 3.67. The molecule has 0 aromatic heterocycles. The zero-order valence-electron chi connectivity index (χ0n) is 11.9. The summed E-state index contributed by atoms with van der Waals surface area (Å²) in [5.41, 5.74) is 0.742. The first-order valence-electron chi connectivity index (χ1n) is 6.30. The second-order valence-electron chi connectivity index (χ2n) is 5.88. The summed E-state index contributed by atoms with van der Waals surface area (Å²) < 4.78 is 12.9. The van der Waals surface area contributed by atoms with Crippen molar-refractivity contribution >= 4 is 34.3 Å². The highest BCUT2D eigenvalue weighted by molar-refractivity contribution is 9.10. The van der Waals surface area contributed by atoms with E-state index < -0.39 is 7.12 Å². The van der Waals surface area contributed by atoms with Crippen molar-refractivity contribution in [2.45, 2.75) is 45.8 Å². The Hall–Kier alpha value is -0.645. The van der Waals surface area contributed by atoms with Crippen LogP contribution in [0.5, 0.6) is 0 Å². The van der Waals surface area contributed by atoms with Gasteiger partial charge in [0.15, 0.2) is 5.78 Å². The predicted octanol–water partition coefficient (Wildman–Crippen LogP) is 2.95. The topological polar surface area (TPSA) is 35.5 Å². The maximum absolute atomic E-state index is 11.5. The Bertz CT molecular complexity index is 509. The third-order valence-corrected chi connectivity index (χ3v) is 4.63. The minimum Gasteiger partial charge on any atom is -0.399 e. The van der Waals surface area contributed by atoms with Gasteiger partial charge in [-0.05, 0) is 46.1 Å². The number of carbonyl (C=O) groups excluding carboxylic acids is 1. The van der Waals surface area contributed by atoms with Crippen molar-refractivity contribution in [3.8, 4) is 0 Å². The van der Waals surface area contributed by atoms with Crippen molar-refractivity contribution in [1.82, 2.24) is 0 Å². The Balaban J connectivity index is 2.39. The lowest BCUT2D eigenvalue weighted by Gasteiger charge is -2.32. The fourth-order valence-electron chi connectivity index (χ4n) is 1.91. The molecule has 2 rings (SSSR count). The SMILES string of the molecule is CC(=O)c1ccc(Br)c(B2OC(C)(C)C(C)(C)O2)c1. The van der Waals surface area contributed by atoms with Gasteiger partial charge in [-0.2, -0.15) is 0 Å². The number of carbonyl (C=O) groups is 1. The van der Waals surface area contributed by atoms with Crippen molar-refractivity contribution < 1.29 is 14.1 Å². The van der Waals surface area contributed by atoms with Gasteiger partial charge < -0.3 is 9.31 Å². The minimum atomic E-state index is -0.460. The fourth-order valence-corrected chi connectivity index (χ4v) is 2.35. The van der Waals surface area contributed by atoms with E-state index in [1.165, 1.54) is 0 Å². The molecule has 1 heterocycles. The van der Waals surface area contributed by atoms with Gasteiger partial charge in [0.2, 0.25) is 0 Å². The summed E-state index contributed by atoms with van der Waals surface area (Å²) in [4.78, 5) is 11.5. The highest BCUT2D eigenvalue weighted by Gasteiger charge is 2.52. The third kappa shape index (κ3) is 2.64. The van der Waals surface area contributed by atoms with Crippen LogP contribution in [-0.4, -0.2) is 24.1 Å². The lowest BCUT2D eigenvalue weighted by molar-refractivity contribution is 0.00578. The highest BCUT2D eigenvalue weighted by atomic mass is 79.9. The fraction of sp³-hybridized carbons (Fsp3) is 0.500. The number of halogens is 1. The first kappa shape index (κ1) is 14.8. The number of Topliss-reactive ketones (excluding diaryl/α,β-unsaturated/α-hetero) is 1. The summed E-state index contributed by atoms with van der Waals surface area (Å²) in [5, 5.41) is 0. The number of ketones is 1. The van der Waals surface area contributed by atoms with E-state index in [9.17, 15) is 4.79 Å². The lowest BCUT2D eigenvalue weighted by Crippen LogP contribution is -2.41. The summed E-state index contributed by atoms with van der Waals surface area (Å²) in [5.74, 6) is 0.0327. The summed E-state index contributed by atoms with van der Waals surface area (Å²) >= 11 is 3.49. The zero-order valence-corrected chi connectivity index (χ0v) is 13.5. The van der Waals surface area contributed by atoms with Crippen LogP contribution in [0.2, 0.25) is 0 Å². The largest absolute Gasteiger partial charge is 0.496 e. The summed E-state index contributed by atoms with van der Waals surface area (Å²) in [7, 11) is -0.460. The van der Waals surface area contributed by atoms with Gasteiger partial charge in [-0.1, -0.05) is 28.1 Å². The minimum absolute atomic E-state index is 0.0327. The van der Waals surface area contributed by atoms with Crippen molar-refractivity contribution in [2.75, 3.05) is 0 Å². The third-order valence-electron chi connectivity index (χ3n) is 3.91. The smallest absolute Gasteiger partial charge is 0.399 e. The van der Waals surface area contributed by atoms with E-state index in [0.717, 1.165) is 9.94 Å². The summed E-state index contributed by atoms with van der Waals surface area (Å²) in [6.45, 7) is 9.59. The molecule has 0 bridgehead atoms. The number of benzene rings is 1. The predicted molar refractivity (Wildman–Crippen MR) is 79.9 cm³/mol. The Labute approximate surface area is 122 Å². The van der Waals surface area contributed by atoms with Crippen molar-refractivity contribution in [1.29, 1.82) is 0 Å². The molecule has 1 aromatic carbocycles. The van der Waals surface area contributed by atoms with Gasteiger partial charge >= 0.3 is 7.12 Å². The van der Waals surface area contributed by atoms with Gasteiger partial charge in [0.05, 0.1) is 11.2 Å². The molecule has 1 saturated heterocycles. The molecule has 0 unspecified atom stereocenters. The van der Waals surface area contributed by atoms with E-state index in [1.54, 1.807) is 13.0 Å². The van der Waals surface area contributed by atoms with Crippen molar-refractivity contribution in [3.63, 3.8) is 0 Å². The normalized spacial score (nSPS) is 20.6. The van der Waals surface area contributed by atoms with Crippen LogP contribution in [0, 0.1) is 0 Å². The van der Waals surface area contributed by atoms with E-state index in [2.05, 4.69) is 15.9 Å². The number of hydrogen-bond acceptors (Lipinski definition) is 3. The van der Waals surface area contributed by atoms with Crippen LogP contribution in [0.15, 0.2) is 22.7 Å². The van der Waals surface area contributed by atoms with Gasteiger partial charge in [0, 0.05) is 10.0 Å². The van der Waals surface area contributed by atoms with Crippen LogP contribution in [0.3, 0.4) is 0 Å². The van der Waals surface area contributed by atoms with Crippen LogP contribution in [0.4, 0.5) is 0 Å². The Morgan fingerprint density at radius 2 is 1.68 bits per heavy atom. The van der Waals surface area contributed by atoms with Crippen LogP contribution >= 0.6 is 15.9 Å². The summed E-state index contributed by atoms with van der Waals surface area (Å²) in [6, 6.07) is 5.48. The number of rotatable bonds is 2. The second kappa shape index (κ2) is 4.72. The average Bonchev–Trinajstić information content (AvgIpc) is 2.48. The van der Waals surface area contributed by atoms with E-state index in [4.69, 9.17) is 9.31 Å². The zero-order chi connectivity index (χ0) is 14.4. The van der Waals surface area contributed by atoms with Gasteiger partial charge in [0.1, 0.15) is 0 Å². The van der Waals surface area contributed by atoms with Gasteiger partial charge in [-0.3, -0.25) is 4.79 Å². The molecular formula is C14H18BBrO3. The molecule has 19 heavy (non-hydrogen) atoms. The molecule has 0 spiro atoms. The molecule has 0 aliphatic carbocycles. The van der Waals surface area contributed by atoms with Gasteiger partial charge in [0.25, 0.3) is 0 Å². The molecule has 1 aliphatic rings. The van der Waals surface area contributed by atoms with Crippen molar-refractivity contribution in [2.24, 2.45) is 0 Å². The van der Waals surface area contributed by atoms with Crippen LogP contribution in [0.25, 0.3) is 0 Å². The molecule has 5 heteroatoms. The maximum atomic E-state index is 11.5. The monoisotopic (exact) mass is 324 g/mol. The van der Waals surface area contributed by atoms with Crippen LogP contribution in [-0.2, 0) is 9.31 Å². The molecule has 102 valence electrons. The molecule has 1 aliphatic heterocycles. The molecule has 0 amide bonds. The standard InChI is InChI=1S/C14H18BBrO3/c1-9(17)10-6-7-12(16)11(8-10)15-18-13(2,3)14(4,5)19-15/h6-8H,1-5H3. The Morgan fingerprint density at radius 1 is 1.16 bits per heavy atom. The highest BCUT2D eigenvalue weighted by Crippen LogP contribution is 2.37. The quantitative estimate of drug-likeness (QED) is 0.620. The summed E-state index contributed by atoms with van der Waals surface area (Å²) in [6.07, 6.45) is 0. The first-order chi connectivity index (χ1) is 8.64. The van der Waals surface area contributed by atoms with E-state index in [1.807, 2.05) is 39.8 Å². The van der Waals surface area contributed by atoms with Crippen molar-refractivity contribution in [3.05, 3.63) is 28.2 Å². The molecule has 0 saturated carbocycles. The molecular weight excluding hydrogens is 307 g/mol. The second-order valence-corrected chi connectivity index (χ2v) is 6.74. The molecule has 1 fully saturated rings. The van der Waals surface area contributed by atoms with Crippen LogP contribution < -0.4 is 5.46 Å². The van der Waals surface area contributed by atoms with E-state index in [0.29, 0.717) is 5.56 Å². The molecule has 0 radical (unpaired) electrons. The van der Waals surface area contributed by atoms with Gasteiger partial charge in [-0.25, -0.2) is 0 Å². The molecule has 1 aromatic rings. The van der Waals surface area contributed by atoms with E-state index in [-0.39, 0.29) is 17.0 Å². The molecule has 3 nitrogen and oxygen atoms in total. The first-order valence-corrected chi connectivity index (χ1v) is 7.09. The average molecular weight is 325 g/mol. The van der Waals surface area contributed by atoms with Crippen LogP contribution in [0.1, 0.15) is 45.0 Å². The lowest BCUT2D eigenvalue weighted by atomic mass is 9.78. The van der Waals surface area contributed by atoms with E-state index >= 15 is 0 Å². The maximum Gasteiger partial charge on any atom is 0.496 e.